The molecule has 3 aromatic rings. The molecule has 0 saturated carbocycles. The van der Waals surface area contributed by atoms with Gasteiger partial charge in [-0.3, -0.25) is 0 Å². The second-order valence-corrected chi connectivity index (χ2v) is 9.40. The Hall–Kier alpha value is -3.56. The van der Waals surface area contributed by atoms with E-state index in [0.29, 0.717) is 23.4 Å². The zero-order valence-corrected chi connectivity index (χ0v) is 20.3. The van der Waals surface area contributed by atoms with Crippen LogP contribution in [-0.4, -0.2) is 34.4 Å². The summed E-state index contributed by atoms with van der Waals surface area (Å²) in [4.78, 5) is 27.4. The number of ether oxygens (including phenoxy) is 1. The average molecular weight is 474 g/mol. The minimum absolute atomic E-state index is 0.192. The van der Waals surface area contributed by atoms with Gasteiger partial charge in [0.25, 0.3) is 0 Å². The number of fused-ring (bicyclic) bond motifs is 1. The van der Waals surface area contributed by atoms with E-state index in [1.54, 1.807) is 49.4 Å². The summed E-state index contributed by atoms with van der Waals surface area (Å²) >= 11 is 1.92. The van der Waals surface area contributed by atoms with E-state index < -0.39 is 5.97 Å². The van der Waals surface area contributed by atoms with Crippen molar-refractivity contribution in [2.24, 2.45) is 0 Å². The van der Waals surface area contributed by atoms with Gasteiger partial charge in [-0.05, 0) is 78.5 Å². The first-order valence-corrected chi connectivity index (χ1v) is 12.0. The van der Waals surface area contributed by atoms with Crippen LogP contribution in [-0.2, 0) is 10.2 Å². The number of aromatic nitrogens is 1. The summed E-state index contributed by atoms with van der Waals surface area (Å²) in [7, 11) is 0. The van der Waals surface area contributed by atoms with E-state index in [1.165, 1.54) is 28.8 Å². The van der Waals surface area contributed by atoms with Crippen LogP contribution in [0.1, 0.15) is 64.7 Å². The van der Waals surface area contributed by atoms with E-state index in [-0.39, 0.29) is 11.4 Å². The van der Waals surface area contributed by atoms with Crippen LogP contribution in [0.5, 0.6) is 0 Å². The molecule has 1 aromatic heterocycles. The van der Waals surface area contributed by atoms with Gasteiger partial charge in [0.05, 0.1) is 17.7 Å². The molecule has 0 spiro atoms. The molecule has 1 aliphatic rings. The van der Waals surface area contributed by atoms with Gasteiger partial charge in [0.15, 0.2) is 0 Å². The molecule has 2 heterocycles. The van der Waals surface area contributed by atoms with Crippen molar-refractivity contribution in [3.8, 4) is 11.8 Å². The standard InChI is InChI=1S/C21H21NO2S.C7H6O2/c1-4-24-20(23)16-7-9-17(22-14-16)8-5-15-6-10-19-18(13-15)21(2,3)11-12-25-19;8-7(9)6-4-2-1-3-5-6/h6-7,9-10,13-14H,4,11-12H2,1-3H3;1-5H,(H,8,9). The van der Waals surface area contributed by atoms with Crippen molar-refractivity contribution >= 4 is 23.7 Å². The Morgan fingerprint density at radius 1 is 1.06 bits per heavy atom. The van der Waals surface area contributed by atoms with Crippen LogP contribution >= 0.6 is 11.8 Å². The third-order valence-electron chi connectivity index (χ3n) is 5.32. The van der Waals surface area contributed by atoms with Gasteiger partial charge in [-0.2, -0.15) is 0 Å². The van der Waals surface area contributed by atoms with E-state index in [4.69, 9.17) is 9.84 Å². The Kier molecular flexibility index (Phi) is 8.50. The molecule has 174 valence electrons. The second kappa shape index (κ2) is 11.5. The van der Waals surface area contributed by atoms with Gasteiger partial charge in [-0.25, -0.2) is 14.6 Å². The quantitative estimate of drug-likeness (QED) is 0.382. The normalized spacial score (nSPS) is 13.3. The number of esters is 1. The molecule has 5 nitrogen and oxygen atoms in total. The highest BCUT2D eigenvalue weighted by molar-refractivity contribution is 7.99. The monoisotopic (exact) mass is 473 g/mol. The van der Waals surface area contributed by atoms with Crippen LogP contribution in [0.4, 0.5) is 0 Å². The van der Waals surface area contributed by atoms with E-state index in [9.17, 15) is 9.59 Å². The molecule has 2 aromatic carbocycles. The maximum Gasteiger partial charge on any atom is 0.339 e. The first-order valence-electron chi connectivity index (χ1n) is 11.0. The summed E-state index contributed by atoms with van der Waals surface area (Å²) in [6.45, 7) is 6.72. The molecular weight excluding hydrogens is 446 g/mol. The van der Waals surface area contributed by atoms with Crippen LogP contribution in [0.25, 0.3) is 0 Å². The number of aromatic carboxylic acids is 1. The Bertz CT molecular complexity index is 1210. The fraction of sp³-hybridized carbons (Fsp3) is 0.250. The average Bonchev–Trinajstić information content (AvgIpc) is 2.84. The number of carboxylic acid groups (broad SMARTS) is 1. The number of benzene rings is 2. The highest BCUT2D eigenvalue weighted by Crippen LogP contribution is 2.41. The molecule has 6 heteroatoms. The number of thioether (sulfide) groups is 1. The first-order chi connectivity index (χ1) is 16.3. The topological polar surface area (TPSA) is 76.5 Å². The Morgan fingerprint density at radius 3 is 2.44 bits per heavy atom. The smallest absolute Gasteiger partial charge is 0.339 e. The molecule has 0 unspecified atom stereocenters. The number of carbonyl (C=O) groups is 2. The SMILES string of the molecule is CCOC(=O)c1ccc(C#Cc2ccc3c(c2)C(C)(C)CCS3)nc1.O=C(O)c1ccccc1. The van der Waals surface area contributed by atoms with Crippen LogP contribution < -0.4 is 0 Å². The Balaban J connectivity index is 0.000000302. The largest absolute Gasteiger partial charge is 0.478 e. The van der Waals surface area contributed by atoms with Gasteiger partial charge in [-0.15, -0.1) is 11.8 Å². The summed E-state index contributed by atoms with van der Waals surface area (Å²) in [5.74, 6) is 6.19. The highest BCUT2D eigenvalue weighted by atomic mass is 32.2. The molecule has 0 saturated heterocycles. The Morgan fingerprint density at radius 2 is 1.82 bits per heavy atom. The van der Waals surface area contributed by atoms with Crippen LogP contribution in [0, 0.1) is 11.8 Å². The maximum absolute atomic E-state index is 11.6. The molecule has 0 bridgehead atoms. The summed E-state index contributed by atoms with van der Waals surface area (Å²) in [5.41, 5.74) is 3.97. The Labute approximate surface area is 204 Å². The number of rotatable bonds is 3. The lowest BCUT2D eigenvalue weighted by Crippen LogP contribution is -2.22. The third-order valence-corrected chi connectivity index (χ3v) is 6.40. The predicted molar refractivity (Wildman–Crippen MR) is 134 cm³/mol. The van der Waals surface area contributed by atoms with E-state index >= 15 is 0 Å². The van der Waals surface area contributed by atoms with Gasteiger partial charge in [0, 0.05) is 16.7 Å². The lowest BCUT2D eigenvalue weighted by molar-refractivity contribution is 0.0525. The van der Waals surface area contributed by atoms with Gasteiger partial charge >= 0.3 is 11.9 Å². The van der Waals surface area contributed by atoms with Crippen LogP contribution in [0.2, 0.25) is 0 Å². The fourth-order valence-electron chi connectivity index (χ4n) is 3.33. The van der Waals surface area contributed by atoms with Crippen LogP contribution in [0.15, 0.2) is 71.8 Å². The molecule has 0 radical (unpaired) electrons. The minimum atomic E-state index is -0.879. The molecule has 1 N–H and O–H groups in total. The van der Waals surface area contributed by atoms with Crippen LogP contribution in [0.3, 0.4) is 0 Å². The first kappa shape index (κ1) is 25.1. The minimum Gasteiger partial charge on any atom is -0.478 e. The third kappa shape index (κ3) is 6.72. The number of carboxylic acids is 1. The number of pyridine rings is 1. The van der Waals surface area contributed by atoms with Crippen molar-refractivity contribution in [1.82, 2.24) is 4.98 Å². The van der Waals surface area contributed by atoms with Crippen molar-refractivity contribution in [3.63, 3.8) is 0 Å². The molecular formula is C28H27NO4S. The number of nitrogens with zero attached hydrogens (tertiary/aromatic N) is 1. The summed E-state index contributed by atoms with van der Waals surface area (Å²) in [5, 5.41) is 8.38. The fourth-order valence-corrected chi connectivity index (χ4v) is 4.82. The molecule has 4 rings (SSSR count). The molecule has 0 amide bonds. The zero-order chi connectivity index (χ0) is 24.6. The molecule has 0 aliphatic carbocycles. The summed E-state index contributed by atoms with van der Waals surface area (Å²) < 4.78 is 4.95. The van der Waals surface area contributed by atoms with Gasteiger partial charge in [0.1, 0.15) is 5.69 Å². The molecule has 34 heavy (non-hydrogen) atoms. The molecule has 0 fully saturated rings. The van der Waals surface area contributed by atoms with E-state index in [1.807, 2.05) is 11.8 Å². The van der Waals surface area contributed by atoms with E-state index in [0.717, 1.165) is 5.56 Å². The summed E-state index contributed by atoms with van der Waals surface area (Å²) in [6, 6.07) is 18.2. The van der Waals surface area contributed by atoms with Gasteiger partial charge < -0.3 is 9.84 Å². The number of hydrogen-bond acceptors (Lipinski definition) is 5. The highest BCUT2D eigenvalue weighted by Gasteiger charge is 2.27. The van der Waals surface area contributed by atoms with Crippen molar-refractivity contribution in [1.29, 1.82) is 0 Å². The molecule has 0 atom stereocenters. The lowest BCUT2D eigenvalue weighted by atomic mass is 9.81. The van der Waals surface area contributed by atoms with E-state index in [2.05, 4.69) is 48.9 Å². The lowest BCUT2D eigenvalue weighted by Gasteiger charge is -2.32. The molecule has 1 aliphatic heterocycles. The van der Waals surface area contributed by atoms with Gasteiger partial charge in [0.2, 0.25) is 0 Å². The summed E-state index contributed by atoms with van der Waals surface area (Å²) in [6.07, 6.45) is 2.69. The number of carbonyl (C=O) groups excluding carboxylic acids is 1. The maximum atomic E-state index is 11.6. The van der Waals surface area contributed by atoms with Crippen molar-refractivity contribution in [2.45, 2.75) is 37.5 Å². The second-order valence-electron chi connectivity index (χ2n) is 8.27. The van der Waals surface area contributed by atoms with Gasteiger partial charge in [-0.1, -0.05) is 38.0 Å². The number of hydrogen-bond donors (Lipinski definition) is 1. The zero-order valence-electron chi connectivity index (χ0n) is 19.5. The predicted octanol–water partition coefficient (Wildman–Crippen LogP) is 5.82. The van der Waals surface area contributed by atoms with Crippen molar-refractivity contribution < 1.29 is 19.4 Å². The van der Waals surface area contributed by atoms with Crippen molar-refractivity contribution in [2.75, 3.05) is 12.4 Å². The van der Waals surface area contributed by atoms with Crippen molar-refractivity contribution in [3.05, 3.63) is 94.8 Å².